The lowest BCUT2D eigenvalue weighted by Crippen LogP contribution is -2.25. The summed E-state index contributed by atoms with van der Waals surface area (Å²) in [6.07, 6.45) is 14.6. The van der Waals surface area contributed by atoms with Gasteiger partial charge in [-0.2, -0.15) is 0 Å². The van der Waals surface area contributed by atoms with E-state index in [0.717, 1.165) is 30.3 Å². The van der Waals surface area contributed by atoms with Gasteiger partial charge in [-0.05, 0) is 23.8 Å². The van der Waals surface area contributed by atoms with E-state index in [-0.39, 0.29) is 12.7 Å². The van der Waals surface area contributed by atoms with Crippen LogP contribution in [-0.4, -0.2) is 19.2 Å². The minimum absolute atomic E-state index is 0.233. The maximum atomic E-state index is 11.3. The molecule has 0 aromatic rings. The quantitative estimate of drug-likeness (QED) is 0.245. The number of hydrogen-bond donors (Lipinski definition) is 1. The van der Waals surface area contributed by atoms with Crippen molar-refractivity contribution in [3.63, 3.8) is 0 Å². The van der Waals surface area contributed by atoms with Gasteiger partial charge in [-0.3, -0.25) is 0 Å². The summed E-state index contributed by atoms with van der Waals surface area (Å²) in [7, 11) is 0. The van der Waals surface area contributed by atoms with E-state index in [1.807, 2.05) is 0 Å². The minimum atomic E-state index is -0.373. The van der Waals surface area contributed by atoms with Crippen LogP contribution in [0.25, 0.3) is 0 Å². The van der Waals surface area contributed by atoms with Gasteiger partial charge in [0, 0.05) is 6.54 Å². The molecule has 0 aromatic carbocycles. The van der Waals surface area contributed by atoms with E-state index in [1.165, 1.54) is 38.5 Å². The monoisotopic (exact) mass is 409 g/mol. The summed E-state index contributed by atoms with van der Waals surface area (Å²) in [6.45, 7) is 23.7. The van der Waals surface area contributed by atoms with Crippen LogP contribution in [0.4, 0.5) is 4.79 Å². The lowest BCUT2D eigenvalue weighted by Gasteiger charge is -2.07. The third-order valence-corrected chi connectivity index (χ3v) is 3.84. The first-order valence-corrected chi connectivity index (χ1v) is 11.6. The Morgan fingerprint density at radius 2 is 1.45 bits per heavy atom. The lowest BCUT2D eigenvalue weighted by atomic mass is 10.0. The molecule has 0 unspecified atom stereocenters. The largest absolute Gasteiger partial charge is 0.445 e. The number of alkyl carbamates (subject to hydrolysis) is 1. The van der Waals surface area contributed by atoms with Crippen molar-refractivity contribution in [1.29, 1.82) is 0 Å². The molecule has 0 fully saturated rings. The molecule has 0 aliphatic rings. The number of carbonyl (C=O) groups is 1. The summed E-state index contributed by atoms with van der Waals surface area (Å²) in [4.78, 5) is 11.3. The zero-order valence-corrected chi connectivity index (χ0v) is 20.7. The van der Waals surface area contributed by atoms with Crippen LogP contribution in [0.5, 0.6) is 0 Å². The molecule has 0 saturated heterocycles. The number of nitrogens with one attached hydrogen (secondary N) is 1. The van der Waals surface area contributed by atoms with Crippen LogP contribution in [0.3, 0.4) is 0 Å². The molecule has 0 saturated carbocycles. The molecule has 0 atom stereocenters. The van der Waals surface area contributed by atoms with Crippen molar-refractivity contribution < 1.29 is 9.53 Å². The molecule has 0 aliphatic carbocycles. The highest BCUT2D eigenvalue weighted by atomic mass is 16.5. The lowest BCUT2D eigenvalue weighted by molar-refractivity contribution is 0.156. The van der Waals surface area contributed by atoms with Gasteiger partial charge in [0.25, 0.3) is 0 Å². The number of allylic oxidation sites excluding steroid dienone is 2. The second-order valence-electron chi connectivity index (χ2n) is 8.17. The van der Waals surface area contributed by atoms with Crippen molar-refractivity contribution in [2.45, 2.75) is 99.8 Å². The van der Waals surface area contributed by atoms with Gasteiger partial charge >= 0.3 is 6.09 Å². The Kier molecular flexibility index (Phi) is 29.4. The summed E-state index contributed by atoms with van der Waals surface area (Å²) in [6, 6.07) is 0. The van der Waals surface area contributed by atoms with E-state index in [4.69, 9.17) is 4.74 Å². The molecule has 0 aliphatic heterocycles. The molecular formula is C26H51NO2. The third-order valence-electron chi connectivity index (χ3n) is 3.84. The van der Waals surface area contributed by atoms with E-state index in [9.17, 15) is 4.79 Å². The van der Waals surface area contributed by atoms with Gasteiger partial charge in [0.1, 0.15) is 6.61 Å². The first-order chi connectivity index (χ1) is 13.8. The van der Waals surface area contributed by atoms with Crippen LogP contribution in [0.1, 0.15) is 99.8 Å². The zero-order valence-electron chi connectivity index (χ0n) is 20.7. The molecule has 3 nitrogen and oxygen atoms in total. The summed E-state index contributed by atoms with van der Waals surface area (Å²) in [5.41, 5.74) is 0.836. The molecule has 1 amide bonds. The second-order valence-corrected chi connectivity index (χ2v) is 8.17. The Morgan fingerprint density at radius 1 is 0.931 bits per heavy atom. The highest BCUT2D eigenvalue weighted by molar-refractivity contribution is 5.67. The van der Waals surface area contributed by atoms with Gasteiger partial charge in [0.15, 0.2) is 0 Å². The van der Waals surface area contributed by atoms with Crippen LogP contribution >= 0.6 is 0 Å². The molecule has 1 N–H and O–H groups in total. The van der Waals surface area contributed by atoms with Crippen molar-refractivity contribution in [1.82, 2.24) is 5.32 Å². The van der Waals surface area contributed by atoms with Crippen molar-refractivity contribution in [2.75, 3.05) is 13.2 Å². The van der Waals surface area contributed by atoms with Crippen molar-refractivity contribution in [3.8, 4) is 0 Å². The molecule has 0 radical (unpaired) electrons. The highest BCUT2D eigenvalue weighted by Crippen LogP contribution is 2.09. The maximum Gasteiger partial charge on any atom is 0.407 e. The van der Waals surface area contributed by atoms with Crippen molar-refractivity contribution in [3.05, 3.63) is 37.0 Å². The SMILES string of the molecule is C=C/C=C(\C=C)COC(=O)NCCCCCCC.CC(C)CCC(C)C.CCC. The standard InChI is InChI=1S/C15H25NO2.C8H18.C3H8/c1-4-7-8-9-10-12-16-15(17)18-13-14(6-3)11-5-2;1-7(2)5-6-8(3)4;1-3-2/h5-6,11H,2-4,7-10,12-13H2,1H3,(H,16,17);7-8H,5-6H2,1-4H3;3H2,1-2H3/b14-11+;;. The van der Waals surface area contributed by atoms with E-state index >= 15 is 0 Å². The summed E-state index contributed by atoms with van der Waals surface area (Å²) in [5, 5.41) is 2.73. The molecule has 0 bridgehead atoms. The van der Waals surface area contributed by atoms with Crippen molar-refractivity contribution in [2.24, 2.45) is 11.8 Å². The fourth-order valence-corrected chi connectivity index (χ4v) is 2.11. The fourth-order valence-electron chi connectivity index (χ4n) is 2.11. The molecule has 0 aromatic heterocycles. The third kappa shape index (κ3) is 34.4. The van der Waals surface area contributed by atoms with E-state index in [1.54, 1.807) is 18.2 Å². The normalized spacial score (nSPS) is 10.4. The maximum absolute atomic E-state index is 11.3. The molecule has 3 heteroatoms. The predicted octanol–water partition coefficient (Wildman–Crippen LogP) is 8.48. The first kappa shape index (κ1) is 32.2. The Balaban J connectivity index is -0.000000508. The van der Waals surface area contributed by atoms with E-state index in [2.05, 4.69) is 66.9 Å². The van der Waals surface area contributed by atoms with E-state index < -0.39 is 0 Å². The molecule has 172 valence electrons. The molecule has 29 heavy (non-hydrogen) atoms. The van der Waals surface area contributed by atoms with Crippen LogP contribution in [0, 0.1) is 11.8 Å². The van der Waals surface area contributed by atoms with Gasteiger partial charge in [0.2, 0.25) is 0 Å². The highest BCUT2D eigenvalue weighted by Gasteiger charge is 2.01. The van der Waals surface area contributed by atoms with Gasteiger partial charge in [-0.25, -0.2) is 4.79 Å². The number of ether oxygens (including phenoxy) is 1. The average molecular weight is 410 g/mol. The summed E-state index contributed by atoms with van der Waals surface area (Å²) in [5.74, 6) is 1.77. The average Bonchev–Trinajstić information content (AvgIpc) is 2.67. The Hall–Kier alpha value is -1.51. The summed E-state index contributed by atoms with van der Waals surface area (Å²) < 4.78 is 5.04. The fraction of sp³-hybridized carbons (Fsp3) is 0.731. The van der Waals surface area contributed by atoms with Gasteiger partial charge in [0.05, 0.1) is 0 Å². The summed E-state index contributed by atoms with van der Waals surface area (Å²) >= 11 is 0. The molecule has 0 rings (SSSR count). The molecular weight excluding hydrogens is 358 g/mol. The Bertz CT molecular complexity index is 390. The predicted molar refractivity (Wildman–Crippen MR) is 131 cm³/mol. The number of carbonyl (C=O) groups excluding carboxylic acids is 1. The Morgan fingerprint density at radius 3 is 1.86 bits per heavy atom. The Labute approximate surface area is 183 Å². The van der Waals surface area contributed by atoms with E-state index in [0.29, 0.717) is 6.54 Å². The van der Waals surface area contributed by atoms with Crippen LogP contribution in [0.15, 0.2) is 37.0 Å². The number of rotatable bonds is 13. The van der Waals surface area contributed by atoms with Gasteiger partial charge in [-0.15, -0.1) is 0 Å². The van der Waals surface area contributed by atoms with Crippen molar-refractivity contribution >= 4 is 6.09 Å². The number of hydrogen-bond acceptors (Lipinski definition) is 2. The number of amides is 1. The van der Waals surface area contributed by atoms with Crippen LogP contribution < -0.4 is 5.32 Å². The molecule has 0 spiro atoms. The number of unbranched alkanes of at least 4 members (excludes halogenated alkanes) is 4. The first-order valence-electron chi connectivity index (χ1n) is 11.6. The molecule has 0 heterocycles. The van der Waals surface area contributed by atoms with Gasteiger partial charge < -0.3 is 10.1 Å². The van der Waals surface area contributed by atoms with Gasteiger partial charge in [-0.1, -0.05) is 125 Å². The minimum Gasteiger partial charge on any atom is -0.445 e. The van der Waals surface area contributed by atoms with Crippen LogP contribution in [0.2, 0.25) is 0 Å². The zero-order chi connectivity index (χ0) is 22.9. The smallest absolute Gasteiger partial charge is 0.407 e. The topological polar surface area (TPSA) is 38.3 Å². The second kappa shape index (κ2) is 26.5. The van der Waals surface area contributed by atoms with Crippen LogP contribution in [-0.2, 0) is 4.74 Å².